The summed E-state index contributed by atoms with van der Waals surface area (Å²) in [5.41, 5.74) is 0.817. The molecule has 0 radical (unpaired) electrons. The number of benzene rings is 1. The Balaban J connectivity index is 0.00000161. The van der Waals surface area contributed by atoms with Crippen LogP contribution in [0.15, 0.2) is 24.3 Å². The van der Waals surface area contributed by atoms with Gasteiger partial charge in [-0.05, 0) is 30.5 Å². The summed E-state index contributed by atoms with van der Waals surface area (Å²) in [6.45, 7) is 2.84. The highest BCUT2D eigenvalue weighted by atomic mass is 35.5. The summed E-state index contributed by atoms with van der Waals surface area (Å²) in [4.78, 5) is 12.6. The molecule has 5 heteroatoms. The molecule has 2 N–H and O–H groups in total. The Hall–Kier alpha value is -1.26. The summed E-state index contributed by atoms with van der Waals surface area (Å²) in [5.74, 6) is 1.64. The van der Waals surface area contributed by atoms with Gasteiger partial charge in [-0.1, -0.05) is 18.6 Å². The van der Waals surface area contributed by atoms with Crippen molar-refractivity contribution in [1.82, 2.24) is 10.6 Å². The molecule has 0 spiro atoms. The van der Waals surface area contributed by atoms with E-state index in [1.165, 1.54) is 0 Å². The van der Waals surface area contributed by atoms with Crippen LogP contribution in [0.1, 0.15) is 24.8 Å². The average Bonchev–Trinajstić information content (AvgIpc) is 2.36. The Morgan fingerprint density at radius 3 is 2.43 bits per heavy atom. The van der Waals surface area contributed by atoms with E-state index in [0.29, 0.717) is 5.92 Å². The predicted octanol–water partition coefficient (Wildman–Crippen LogP) is 1.87. The molecule has 4 nitrogen and oxygen atoms in total. The monoisotopic (exact) mass is 310 g/mol. The maximum absolute atomic E-state index is 12.6. The SMILES string of the molecule is COc1ccc(C2(C(=O)NCC3CNC3)CCC2)cc1.Cl. The first-order chi connectivity index (χ1) is 9.74. The molecule has 1 aromatic carbocycles. The maximum atomic E-state index is 12.6. The quantitative estimate of drug-likeness (QED) is 0.873. The summed E-state index contributed by atoms with van der Waals surface area (Å²) < 4.78 is 5.19. The van der Waals surface area contributed by atoms with Crippen LogP contribution in [0.25, 0.3) is 0 Å². The number of carbonyl (C=O) groups is 1. The average molecular weight is 311 g/mol. The zero-order valence-electron chi connectivity index (χ0n) is 12.4. The highest BCUT2D eigenvalue weighted by Crippen LogP contribution is 2.44. The molecular formula is C16H23ClN2O2. The van der Waals surface area contributed by atoms with Crippen LogP contribution in [0.2, 0.25) is 0 Å². The number of hydrogen-bond acceptors (Lipinski definition) is 3. The van der Waals surface area contributed by atoms with Crippen LogP contribution < -0.4 is 15.4 Å². The minimum absolute atomic E-state index is 0. The van der Waals surface area contributed by atoms with Gasteiger partial charge in [-0.25, -0.2) is 0 Å². The van der Waals surface area contributed by atoms with Crippen molar-refractivity contribution >= 4 is 18.3 Å². The second kappa shape index (κ2) is 6.67. The highest BCUT2D eigenvalue weighted by Gasteiger charge is 2.45. The molecule has 3 rings (SSSR count). The van der Waals surface area contributed by atoms with Crippen molar-refractivity contribution in [3.8, 4) is 5.75 Å². The van der Waals surface area contributed by atoms with Gasteiger partial charge in [0.05, 0.1) is 12.5 Å². The second-order valence-corrected chi connectivity index (χ2v) is 5.90. The number of halogens is 1. The number of carbonyl (C=O) groups excluding carboxylic acids is 1. The molecule has 1 saturated carbocycles. The van der Waals surface area contributed by atoms with Crippen molar-refractivity contribution < 1.29 is 9.53 Å². The molecule has 2 fully saturated rings. The fourth-order valence-electron chi connectivity index (χ4n) is 2.99. The van der Waals surface area contributed by atoms with Crippen molar-refractivity contribution in [1.29, 1.82) is 0 Å². The first-order valence-electron chi connectivity index (χ1n) is 7.38. The lowest BCUT2D eigenvalue weighted by molar-refractivity contribution is -0.130. The van der Waals surface area contributed by atoms with E-state index in [1.807, 2.05) is 24.3 Å². The number of ether oxygens (including phenoxy) is 1. The van der Waals surface area contributed by atoms with Crippen molar-refractivity contribution in [2.24, 2.45) is 5.92 Å². The van der Waals surface area contributed by atoms with E-state index in [4.69, 9.17) is 4.74 Å². The van der Waals surface area contributed by atoms with E-state index in [1.54, 1.807) is 7.11 Å². The molecule has 1 aliphatic heterocycles. The van der Waals surface area contributed by atoms with Gasteiger partial charge in [0.15, 0.2) is 0 Å². The summed E-state index contributed by atoms with van der Waals surface area (Å²) in [6.07, 6.45) is 3.03. The van der Waals surface area contributed by atoms with Gasteiger partial charge in [-0.15, -0.1) is 12.4 Å². The van der Waals surface area contributed by atoms with Gasteiger partial charge < -0.3 is 15.4 Å². The number of nitrogens with one attached hydrogen (secondary N) is 2. The Bertz CT molecular complexity index is 482. The summed E-state index contributed by atoms with van der Waals surface area (Å²) >= 11 is 0. The lowest BCUT2D eigenvalue weighted by Crippen LogP contribution is -2.53. The molecule has 1 saturated heterocycles. The Labute approximate surface area is 132 Å². The molecular weight excluding hydrogens is 288 g/mol. The van der Waals surface area contributed by atoms with Crippen molar-refractivity contribution in [3.05, 3.63) is 29.8 Å². The smallest absolute Gasteiger partial charge is 0.230 e. The third kappa shape index (κ3) is 3.01. The van der Waals surface area contributed by atoms with Crippen LogP contribution in [-0.2, 0) is 10.2 Å². The van der Waals surface area contributed by atoms with Gasteiger partial charge in [0.25, 0.3) is 0 Å². The zero-order valence-corrected chi connectivity index (χ0v) is 13.2. The summed E-state index contributed by atoms with van der Waals surface area (Å²) in [6, 6.07) is 7.95. The topological polar surface area (TPSA) is 50.4 Å². The van der Waals surface area contributed by atoms with Crippen LogP contribution in [-0.4, -0.2) is 32.7 Å². The molecule has 2 aliphatic rings. The lowest BCUT2D eigenvalue weighted by Gasteiger charge is -2.41. The fraction of sp³-hybridized carbons (Fsp3) is 0.562. The van der Waals surface area contributed by atoms with Gasteiger partial charge in [0.1, 0.15) is 5.75 Å². The van der Waals surface area contributed by atoms with Gasteiger partial charge in [-0.3, -0.25) is 4.79 Å². The van der Waals surface area contributed by atoms with Gasteiger partial charge in [0.2, 0.25) is 5.91 Å². The Kier molecular flexibility index (Phi) is 5.12. The number of hydrogen-bond donors (Lipinski definition) is 2. The minimum Gasteiger partial charge on any atom is -0.497 e. The molecule has 1 aliphatic carbocycles. The van der Waals surface area contributed by atoms with Crippen LogP contribution in [0.4, 0.5) is 0 Å². The molecule has 21 heavy (non-hydrogen) atoms. The number of methoxy groups -OCH3 is 1. The van der Waals surface area contributed by atoms with E-state index < -0.39 is 0 Å². The molecule has 0 unspecified atom stereocenters. The predicted molar refractivity (Wildman–Crippen MR) is 85.1 cm³/mol. The second-order valence-electron chi connectivity index (χ2n) is 5.90. The maximum Gasteiger partial charge on any atom is 0.230 e. The Morgan fingerprint density at radius 2 is 2.00 bits per heavy atom. The number of amides is 1. The normalized spacial score (nSPS) is 19.7. The van der Waals surface area contributed by atoms with Crippen LogP contribution in [0, 0.1) is 5.92 Å². The largest absolute Gasteiger partial charge is 0.497 e. The molecule has 116 valence electrons. The van der Waals surface area contributed by atoms with E-state index in [0.717, 1.165) is 50.2 Å². The van der Waals surface area contributed by atoms with Crippen molar-refractivity contribution in [2.45, 2.75) is 24.7 Å². The molecule has 0 atom stereocenters. The van der Waals surface area contributed by atoms with Gasteiger partial charge in [0, 0.05) is 25.6 Å². The van der Waals surface area contributed by atoms with E-state index in [9.17, 15) is 4.79 Å². The third-order valence-corrected chi connectivity index (χ3v) is 4.70. The van der Waals surface area contributed by atoms with Crippen LogP contribution in [0.5, 0.6) is 5.75 Å². The van der Waals surface area contributed by atoms with E-state index in [-0.39, 0.29) is 23.7 Å². The first-order valence-corrected chi connectivity index (χ1v) is 7.38. The lowest BCUT2D eigenvalue weighted by atomic mass is 9.63. The Morgan fingerprint density at radius 1 is 1.33 bits per heavy atom. The third-order valence-electron chi connectivity index (χ3n) is 4.70. The molecule has 1 aromatic rings. The summed E-state index contributed by atoms with van der Waals surface area (Å²) in [5, 5.41) is 6.38. The zero-order chi connectivity index (χ0) is 14.0. The number of rotatable bonds is 5. The first kappa shape index (κ1) is 16.1. The molecule has 1 amide bonds. The van der Waals surface area contributed by atoms with E-state index in [2.05, 4.69) is 10.6 Å². The standard InChI is InChI=1S/C16H22N2O2.ClH/c1-20-14-5-3-13(4-6-14)16(7-2-8-16)15(19)18-11-12-9-17-10-12;/h3-6,12,17H,2,7-11H2,1H3,(H,18,19);1H. The van der Waals surface area contributed by atoms with E-state index >= 15 is 0 Å². The van der Waals surface area contributed by atoms with Gasteiger partial charge >= 0.3 is 0 Å². The van der Waals surface area contributed by atoms with Crippen LogP contribution >= 0.6 is 12.4 Å². The molecule has 1 heterocycles. The van der Waals surface area contributed by atoms with Crippen molar-refractivity contribution in [3.63, 3.8) is 0 Å². The highest BCUT2D eigenvalue weighted by molar-refractivity contribution is 5.89. The van der Waals surface area contributed by atoms with Gasteiger partial charge in [-0.2, -0.15) is 0 Å². The van der Waals surface area contributed by atoms with Crippen molar-refractivity contribution in [2.75, 3.05) is 26.7 Å². The minimum atomic E-state index is -0.302. The summed E-state index contributed by atoms with van der Waals surface area (Å²) in [7, 11) is 1.66. The fourth-order valence-corrected chi connectivity index (χ4v) is 2.99. The molecule has 0 bridgehead atoms. The van der Waals surface area contributed by atoms with Crippen LogP contribution in [0.3, 0.4) is 0 Å². The molecule has 0 aromatic heterocycles.